The van der Waals surface area contributed by atoms with Crippen LogP contribution in [0.2, 0.25) is 0 Å². The third kappa shape index (κ3) is 13.4. The first kappa shape index (κ1) is 19.6. The molecule has 0 aromatic carbocycles. The lowest BCUT2D eigenvalue weighted by molar-refractivity contribution is -0.138. The van der Waals surface area contributed by atoms with Gasteiger partial charge in [0.05, 0.1) is 13.2 Å². The molecule has 7 nitrogen and oxygen atoms in total. The summed E-state index contributed by atoms with van der Waals surface area (Å²) < 4.78 is 23.8. The van der Waals surface area contributed by atoms with Gasteiger partial charge in [0, 0.05) is 17.9 Å². The molecule has 122 valence electrons. The maximum Gasteiger partial charge on any atom is 0.407 e. The van der Waals surface area contributed by atoms with Crippen molar-refractivity contribution < 1.29 is 28.4 Å². The van der Waals surface area contributed by atoms with Crippen molar-refractivity contribution >= 4 is 28.7 Å². The summed E-state index contributed by atoms with van der Waals surface area (Å²) in [6, 6.07) is 0. The Balaban J connectivity index is 3.37. The van der Waals surface area contributed by atoms with E-state index in [0.717, 1.165) is 0 Å². The summed E-state index contributed by atoms with van der Waals surface area (Å²) >= 11 is 0. The van der Waals surface area contributed by atoms with E-state index in [1.807, 2.05) is 0 Å². The van der Waals surface area contributed by atoms with E-state index in [-0.39, 0.29) is 26.4 Å². The van der Waals surface area contributed by atoms with Crippen molar-refractivity contribution in [2.24, 2.45) is 0 Å². The second kappa shape index (κ2) is 12.4. The second-order valence-electron chi connectivity index (χ2n) is 4.11. The Labute approximate surface area is 127 Å². The number of nitrogens with one attached hydrogen (secondary N) is 1. The van der Waals surface area contributed by atoms with Gasteiger partial charge in [-0.25, -0.2) is 9.59 Å². The molecule has 0 spiro atoms. The molecule has 8 heteroatoms. The maximum absolute atomic E-state index is 11.2. The van der Waals surface area contributed by atoms with E-state index in [1.54, 1.807) is 6.92 Å². The first-order chi connectivity index (χ1) is 9.93. The first-order valence-electron chi connectivity index (χ1n) is 6.44. The van der Waals surface area contributed by atoms with E-state index in [1.165, 1.54) is 0 Å². The number of hydrogen-bond acceptors (Lipinski definition) is 6. The van der Waals surface area contributed by atoms with Gasteiger partial charge in [-0.2, -0.15) is 0 Å². The molecule has 0 heterocycles. The Bertz CT molecular complexity index is 372. The Morgan fingerprint density at radius 3 is 2.52 bits per heavy atom. The third-order valence-corrected chi connectivity index (χ3v) is 2.84. The smallest absolute Gasteiger partial charge is 0.407 e. The van der Waals surface area contributed by atoms with Crippen LogP contribution in [0.3, 0.4) is 0 Å². The molecular weight excluding hydrogens is 298 g/mol. The lowest BCUT2D eigenvalue weighted by Gasteiger charge is -2.08. The number of rotatable bonds is 11. The third-order valence-electron chi connectivity index (χ3n) is 2.08. The molecule has 1 amide bonds. The van der Waals surface area contributed by atoms with Crippen molar-refractivity contribution in [3.8, 4) is 0 Å². The molecule has 0 bridgehead atoms. The predicted molar refractivity (Wildman–Crippen MR) is 82.8 cm³/mol. The van der Waals surface area contributed by atoms with Gasteiger partial charge < -0.3 is 24.1 Å². The molecule has 0 aromatic rings. The number of carbonyl (C=O) groups excluding carboxylic acids is 2. The number of amides is 1. The minimum Gasteiger partial charge on any atom is -0.460 e. The quantitative estimate of drug-likeness (QED) is 0.259. The fourth-order valence-corrected chi connectivity index (χ4v) is 1.55. The van der Waals surface area contributed by atoms with Gasteiger partial charge in [-0.15, -0.1) is 0 Å². The minimum atomic E-state index is -0.808. The van der Waals surface area contributed by atoms with E-state index in [9.17, 15) is 9.59 Å². The first-order valence-corrected chi connectivity index (χ1v) is 7.96. The van der Waals surface area contributed by atoms with Crippen molar-refractivity contribution in [3.63, 3.8) is 0 Å². The van der Waals surface area contributed by atoms with Crippen LogP contribution >= 0.6 is 10.8 Å². The zero-order chi connectivity index (χ0) is 16.1. The van der Waals surface area contributed by atoms with Crippen LogP contribution in [0.25, 0.3) is 0 Å². The van der Waals surface area contributed by atoms with Gasteiger partial charge in [-0.1, -0.05) is 23.2 Å². The molecule has 0 saturated heterocycles. The van der Waals surface area contributed by atoms with E-state index >= 15 is 0 Å². The molecule has 21 heavy (non-hydrogen) atoms. The van der Waals surface area contributed by atoms with Crippen molar-refractivity contribution in [1.82, 2.24) is 5.32 Å². The number of alkyl carbamates (subject to hydrolysis) is 1. The molecule has 1 unspecified atom stereocenters. The van der Waals surface area contributed by atoms with Crippen LogP contribution in [0.5, 0.6) is 0 Å². The lowest BCUT2D eigenvalue weighted by Crippen LogP contribution is -2.29. The molecule has 0 aromatic heterocycles. The number of carbonyl (C=O) groups is 2. The topological polar surface area (TPSA) is 94.1 Å². The van der Waals surface area contributed by atoms with Crippen LogP contribution < -0.4 is 5.32 Å². The van der Waals surface area contributed by atoms with E-state index in [0.29, 0.717) is 24.4 Å². The van der Waals surface area contributed by atoms with Gasteiger partial charge in [0.1, 0.15) is 13.2 Å². The van der Waals surface area contributed by atoms with Crippen LogP contribution in [-0.2, 0) is 19.0 Å². The van der Waals surface area contributed by atoms with Gasteiger partial charge in [-0.05, 0) is 13.3 Å². The summed E-state index contributed by atoms with van der Waals surface area (Å²) in [7, 11) is -0.808. The standard InChI is InChI=1S/C13H23NO6S/c1-11(2)12(15)19-7-5-14-13(16)20-9-8-18-6-4-10-21(3)17/h17H,1,3-10H2,2H3,(H,14,16). The molecule has 2 N–H and O–H groups in total. The summed E-state index contributed by atoms with van der Waals surface area (Å²) in [5.74, 6) is 3.57. The average molecular weight is 321 g/mol. The highest BCUT2D eigenvalue weighted by atomic mass is 32.2. The molecule has 0 aliphatic rings. The Morgan fingerprint density at radius 1 is 1.19 bits per heavy atom. The van der Waals surface area contributed by atoms with Crippen molar-refractivity contribution in [3.05, 3.63) is 12.2 Å². The molecular formula is C13H23NO6S. The average Bonchev–Trinajstić information content (AvgIpc) is 2.41. The van der Waals surface area contributed by atoms with Gasteiger partial charge >= 0.3 is 12.1 Å². The minimum absolute atomic E-state index is 0.0610. The van der Waals surface area contributed by atoms with Crippen LogP contribution in [0.1, 0.15) is 13.3 Å². The normalized spacial score (nSPS) is 11.5. The number of esters is 1. The molecule has 0 aliphatic heterocycles. The zero-order valence-corrected chi connectivity index (χ0v) is 13.1. The Kier molecular flexibility index (Phi) is 11.6. The Hall–Kier alpha value is -1.38. The second-order valence-corrected chi connectivity index (χ2v) is 5.44. The highest BCUT2D eigenvalue weighted by molar-refractivity contribution is 8.09. The number of ether oxygens (including phenoxy) is 3. The zero-order valence-electron chi connectivity index (χ0n) is 12.3. The SMILES string of the molecule is C=C(C)C(=O)OCCNC(=O)OCCOCCCS(=C)O. The van der Waals surface area contributed by atoms with Gasteiger partial charge in [0.25, 0.3) is 0 Å². The number of hydrogen-bond donors (Lipinski definition) is 2. The molecule has 0 aliphatic carbocycles. The van der Waals surface area contributed by atoms with Gasteiger partial charge in [0.2, 0.25) is 0 Å². The monoisotopic (exact) mass is 321 g/mol. The molecule has 1 atom stereocenters. The van der Waals surface area contributed by atoms with Gasteiger partial charge in [0.15, 0.2) is 0 Å². The van der Waals surface area contributed by atoms with Crippen LogP contribution in [0, 0.1) is 0 Å². The highest BCUT2D eigenvalue weighted by Gasteiger charge is 2.04. The predicted octanol–water partition coefficient (Wildman–Crippen LogP) is 1.41. The van der Waals surface area contributed by atoms with Gasteiger partial charge in [-0.3, -0.25) is 0 Å². The fourth-order valence-electron chi connectivity index (χ4n) is 1.09. The van der Waals surface area contributed by atoms with Crippen LogP contribution in [-0.4, -0.2) is 61.2 Å². The Morgan fingerprint density at radius 2 is 1.90 bits per heavy atom. The molecule has 0 saturated carbocycles. The van der Waals surface area contributed by atoms with Crippen molar-refractivity contribution in [2.45, 2.75) is 13.3 Å². The fraction of sp³-hybridized carbons (Fsp3) is 0.615. The lowest BCUT2D eigenvalue weighted by atomic mass is 10.4. The van der Waals surface area contributed by atoms with E-state index in [4.69, 9.17) is 18.8 Å². The highest BCUT2D eigenvalue weighted by Crippen LogP contribution is 2.02. The summed E-state index contributed by atoms with van der Waals surface area (Å²) in [6.45, 7) is 6.11. The summed E-state index contributed by atoms with van der Waals surface area (Å²) in [5.41, 5.74) is 0.307. The van der Waals surface area contributed by atoms with Crippen molar-refractivity contribution in [2.75, 3.05) is 38.7 Å². The molecule has 0 radical (unpaired) electrons. The summed E-state index contributed by atoms with van der Waals surface area (Å²) in [4.78, 5) is 22.2. The summed E-state index contributed by atoms with van der Waals surface area (Å²) in [5, 5.41) is 2.43. The molecule has 0 fully saturated rings. The largest absolute Gasteiger partial charge is 0.460 e. The summed E-state index contributed by atoms with van der Waals surface area (Å²) in [6.07, 6.45) is 0.114. The van der Waals surface area contributed by atoms with Crippen molar-refractivity contribution in [1.29, 1.82) is 0 Å². The maximum atomic E-state index is 11.2. The van der Waals surface area contributed by atoms with E-state index < -0.39 is 22.8 Å². The molecule has 0 rings (SSSR count). The van der Waals surface area contributed by atoms with Crippen LogP contribution in [0.15, 0.2) is 12.2 Å². The van der Waals surface area contributed by atoms with E-state index in [2.05, 4.69) is 17.8 Å². The van der Waals surface area contributed by atoms with Crippen LogP contribution in [0.4, 0.5) is 4.79 Å².